The van der Waals surface area contributed by atoms with Crippen molar-refractivity contribution in [1.29, 1.82) is 0 Å². The quantitative estimate of drug-likeness (QED) is 0.822. The molecule has 0 aliphatic heterocycles. The molecule has 0 fully saturated rings. The minimum atomic E-state index is -4.45. The summed E-state index contributed by atoms with van der Waals surface area (Å²) < 4.78 is 33.6. The SMILES string of the molecule is CC(=O)Nc1ccc(S(=O)(=O)[O-])c2c1CCCC2. The first-order chi connectivity index (χ1) is 8.39. The van der Waals surface area contributed by atoms with Crippen LogP contribution >= 0.6 is 0 Å². The van der Waals surface area contributed by atoms with E-state index in [1.54, 1.807) is 0 Å². The molecule has 1 aliphatic rings. The molecule has 0 spiro atoms. The van der Waals surface area contributed by atoms with Crippen LogP contribution < -0.4 is 5.32 Å². The molecular weight excluding hydrogens is 254 g/mol. The van der Waals surface area contributed by atoms with Gasteiger partial charge in [-0.3, -0.25) is 4.79 Å². The van der Waals surface area contributed by atoms with Crippen LogP contribution in [0.25, 0.3) is 0 Å². The van der Waals surface area contributed by atoms with Crippen molar-refractivity contribution in [2.75, 3.05) is 5.32 Å². The van der Waals surface area contributed by atoms with E-state index in [2.05, 4.69) is 5.32 Å². The summed E-state index contributed by atoms with van der Waals surface area (Å²) in [6.45, 7) is 1.40. The van der Waals surface area contributed by atoms with Crippen molar-refractivity contribution in [3.8, 4) is 0 Å². The third-order valence-electron chi connectivity index (χ3n) is 3.07. The van der Waals surface area contributed by atoms with E-state index in [4.69, 9.17) is 0 Å². The molecule has 2 rings (SSSR count). The van der Waals surface area contributed by atoms with Crippen LogP contribution in [0.2, 0.25) is 0 Å². The first kappa shape index (κ1) is 13.0. The highest BCUT2D eigenvalue weighted by Crippen LogP contribution is 2.32. The van der Waals surface area contributed by atoms with Crippen molar-refractivity contribution in [3.05, 3.63) is 23.3 Å². The summed E-state index contributed by atoms with van der Waals surface area (Å²) in [6.07, 6.45) is 3.05. The van der Waals surface area contributed by atoms with Gasteiger partial charge in [-0.1, -0.05) is 0 Å². The molecule has 0 saturated carbocycles. The van der Waals surface area contributed by atoms with Gasteiger partial charge >= 0.3 is 0 Å². The standard InChI is InChI=1S/C12H15NO4S/c1-8(14)13-11-6-7-12(18(15,16)17)10-5-3-2-4-9(10)11/h6-7H,2-5H2,1H3,(H,13,14)(H,15,16,17)/p-1. The second-order valence-corrected chi connectivity index (χ2v) is 5.76. The second-order valence-electron chi connectivity index (χ2n) is 4.41. The second kappa shape index (κ2) is 4.70. The normalized spacial score (nSPS) is 15.0. The topological polar surface area (TPSA) is 86.3 Å². The Morgan fingerprint density at radius 2 is 1.83 bits per heavy atom. The molecule has 0 unspecified atom stereocenters. The van der Waals surface area contributed by atoms with E-state index in [0.717, 1.165) is 18.4 Å². The highest BCUT2D eigenvalue weighted by molar-refractivity contribution is 7.85. The van der Waals surface area contributed by atoms with Crippen molar-refractivity contribution in [3.63, 3.8) is 0 Å². The molecule has 5 nitrogen and oxygen atoms in total. The number of fused-ring (bicyclic) bond motifs is 1. The van der Waals surface area contributed by atoms with Crippen LogP contribution in [0.1, 0.15) is 30.9 Å². The number of amides is 1. The zero-order valence-corrected chi connectivity index (χ0v) is 10.8. The monoisotopic (exact) mass is 268 g/mol. The minimum Gasteiger partial charge on any atom is -0.744 e. The fourth-order valence-electron chi connectivity index (χ4n) is 2.38. The molecule has 0 radical (unpaired) electrons. The predicted octanol–water partition coefficient (Wildman–Crippen LogP) is 1.43. The fraction of sp³-hybridized carbons (Fsp3) is 0.417. The van der Waals surface area contributed by atoms with Crippen molar-refractivity contribution in [2.45, 2.75) is 37.5 Å². The van der Waals surface area contributed by atoms with E-state index in [-0.39, 0.29) is 10.8 Å². The molecule has 98 valence electrons. The van der Waals surface area contributed by atoms with Crippen molar-refractivity contribution in [2.24, 2.45) is 0 Å². The van der Waals surface area contributed by atoms with Gasteiger partial charge in [-0.2, -0.15) is 0 Å². The van der Waals surface area contributed by atoms with Gasteiger partial charge < -0.3 is 9.87 Å². The number of hydrogen-bond acceptors (Lipinski definition) is 4. The van der Waals surface area contributed by atoms with E-state index in [1.807, 2.05) is 0 Å². The lowest BCUT2D eigenvalue weighted by molar-refractivity contribution is -0.114. The van der Waals surface area contributed by atoms with Crippen LogP contribution in [-0.4, -0.2) is 18.9 Å². The maximum Gasteiger partial charge on any atom is 0.221 e. The van der Waals surface area contributed by atoms with Crippen LogP contribution in [0.5, 0.6) is 0 Å². The summed E-state index contributed by atoms with van der Waals surface area (Å²) in [4.78, 5) is 10.9. The zero-order chi connectivity index (χ0) is 13.3. The minimum absolute atomic E-state index is 0.147. The summed E-state index contributed by atoms with van der Waals surface area (Å²) in [5.41, 5.74) is 1.97. The third-order valence-corrected chi connectivity index (χ3v) is 3.99. The van der Waals surface area contributed by atoms with Crippen molar-refractivity contribution >= 4 is 21.7 Å². The number of hydrogen-bond donors (Lipinski definition) is 1. The molecule has 1 aromatic rings. The number of carbonyl (C=O) groups excluding carboxylic acids is 1. The molecule has 0 atom stereocenters. The van der Waals surface area contributed by atoms with Crippen molar-refractivity contribution < 1.29 is 17.8 Å². The summed E-state index contributed by atoms with van der Waals surface area (Å²) in [5, 5.41) is 2.68. The van der Waals surface area contributed by atoms with E-state index >= 15 is 0 Å². The number of nitrogens with one attached hydrogen (secondary N) is 1. The van der Waals surface area contributed by atoms with E-state index in [1.165, 1.54) is 19.1 Å². The lowest BCUT2D eigenvalue weighted by Crippen LogP contribution is -2.15. The van der Waals surface area contributed by atoms with E-state index in [9.17, 15) is 17.8 Å². The molecule has 1 N–H and O–H groups in total. The molecule has 0 saturated heterocycles. The Morgan fingerprint density at radius 1 is 1.22 bits per heavy atom. The van der Waals surface area contributed by atoms with Gasteiger partial charge in [0.15, 0.2) is 0 Å². The molecular formula is C12H14NO4S-. The first-order valence-corrected chi connectivity index (χ1v) is 7.18. The summed E-state index contributed by atoms with van der Waals surface area (Å²) in [7, 11) is -4.45. The van der Waals surface area contributed by atoms with Crippen LogP contribution in [0.3, 0.4) is 0 Å². The van der Waals surface area contributed by atoms with Gasteiger partial charge in [0.2, 0.25) is 5.91 Å². The fourth-order valence-corrected chi connectivity index (χ4v) is 3.14. The van der Waals surface area contributed by atoms with Gasteiger partial charge in [-0.15, -0.1) is 0 Å². The Bertz CT molecular complexity index is 592. The Hall–Kier alpha value is -1.40. The highest BCUT2D eigenvalue weighted by atomic mass is 32.2. The first-order valence-electron chi connectivity index (χ1n) is 5.78. The van der Waals surface area contributed by atoms with Gasteiger partial charge in [0.05, 0.1) is 4.90 Å². The van der Waals surface area contributed by atoms with Gasteiger partial charge in [0, 0.05) is 12.6 Å². The number of rotatable bonds is 2. The van der Waals surface area contributed by atoms with E-state index in [0.29, 0.717) is 24.1 Å². The number of carbonyl (C=O) groups is 1. The maximum absolute atomic E-state index is 11.2. The molecule has 1 amide bonds. The average Bonchev–Trinajstić information content (AvgIpc) is 2.27. The Labute approximate surface area is 106 Å². The molecule has 0 bridgehead atoms. The largest absolute Gasteiger partial charge is 0.744 e. The van der Waals surface area contributed by atoms with E-state index < -0.39 is 10.1 Å². The maximum atomic E-state index is 11.2. The molecule has 0 aromatic heterocycles. The van der Waals surface area contributed by atoms with Gasteiger partial charge in [0.25, 0.3) is 0 Å². The number of anilines is 1. The predicted molar refractivity (Wildman–Crippen MR) is 65.4 cm³/mol. The average molecular weight is 268 g/mol. The highest BCUT2D eigenvalue weighted by Gasteiger charge is 2.20. The summed E-state index contributed by atoms with van der Waals surface area (Å²) >= 11 is 0. The van der Waals surface area contributed by atoms with Crippen LogP contribution in [0.15, 0.2) is 17.0 Å². The van der Waals surface area contributed by atoms with Gasteiger partial charge in [-0.05, 0) is 48.9 Å². The Morgan fingerprint density at radius 3 is 2.39 bits per heavy atom. The number of benzene rings is 1. The van der Waals surface area contributed by atoms with Crippen LogP contribution in [-0.2, 0) is 27.8 Å². The molecule has 1 aliphatic carbocycles. The summed E-state index contributed by atoms with van der Waals surface area (Å²) in [6, 6.07) is 2.79. The lowest BCUT2D eigenvalue weighted by Gasteiger charge is -2.23. The Balaban J connectivity index is 2.59. The molecule has 18 heavy (non-hydrogen) atoms. The molecule has 6 heteroatoms. The van der Waals surface area contributed by atoms with Crippen molar-refractivity contribution in [1.82, 2.24) is 0 Å². The summed E-state index contributed by atoms with van der Waals surface area (Å²) in [5.74, 6) is -0.208. The Kier molecular flexibility index (Phi) is 3.41. The van der Waals surface area contributed by atoms with Gasteiger partial charge in [0.1, 0.15) is 10.1 Å². The smallest absolute Gasteiger partial charge is 0.221 e. The zero-order valence-electron chi connectivity index (χ0n) is 10.0. The lowest BCUT2D eigenvalue weighted by atomic mass is 9.90. The van der Waals surface area contributed by atoms with Gasteiger partial charge in [-0.25, -0.2) is 8.42 Å². The third kappa shape index (κ3) is 2.54. The molecule has 0 heterocycles. The van der Waals surface area contributed by atoms with Crippen LogP contribution in [0, 0.1) is 0 Å². The van der Waals surface area contributed by atoms with Crippen LogP contribution in [0.4, 0.5) is 5.69 Å². The molecule has 1 aromatic carbocycles.